The molecule has 0 fully saturated rings. The fourth-order valence-corrected chi connectivity index (χ4v) is 2.63. The molecule has 1 aromatic rings. The lowest BCUT2D eigenvalue weighted by Gasteiger charge is -2.30. The zero-order valence-electron chi connectivity index (χ0n) is 15.0. The minimum Gasteiger partial charge on any atom is -0.385 e. The number of aliphatic imine (C=N–C) groups is 1. The topological polar surface area (TPSA) is 48.9 Å². The third-order valence-corrected chi connectivity index (χ3v) is 3.94. The smallest absolute Gasteiger partial charge is 0.191 e. The Balaban J connectivity index is 2.62. The van der Waals surface area contributed by atoms with Crippen molar-refractivity contribution < 1.29 is 4.74 Å². The van der Waals surface area contributed by atoms with E-state index in [1.165, 1.54) is 5.56 Å². The van der Waals surface area contributed by atoms with E-state index in [1.54, 1.807) is 14.2 Å². The predicted molar refractivity (Wildman–Crippen MR) is 98.0 cm³/mol. The van der Waals surface area contributed by atoms with E-state index in [1.807, 2.05) is 0 Å². The maximum absolute atomic E-state index is 5.07. The molecule has 0 saturated heterocycles. The van der Waals surface area contributed by atoms with Crippen molar-refractivity contribution in [2.24, 2.45) is 4.99 Å². The standard InChI is InChI=1S/C18H32N4O/c1-5-22(6-2)17(16-11-8-7-9-12-16)15-21-18(19-3)20-13-10-14-23-4/h7-9,11-12,17H,5-6,10,13-15H2,1-4H3,(H2,19,20,21). The van der Waals surface area contributed by atoms with Crippen LogP contribution in [0.25, 0.3) is 0 Å². The van der Waals surface area contributed by atoms with Crippen molar-refractivity contribution in [1.29, 1.82) is 0 Å². The molecule has 23 heavy (non-hydrogen) atoms. The summed E-state index contributed by atoms with van der Waals surface area (Å²) in [5.74, 6) is 0.842. The average molecular weight is 320 g/mol. The molecule has 5 heteroatoms. The van der Waals surface area contributed by atoms with E-state index >= 15 is 0 Å². The van der Waals surface area contributed by atoms with Gasteiger partial charge in [-0.1, -0.05) is 44.2 Å². The summed E-state index contributed by atoms with van der Waals surface area (Å²) in [5.41, 5.74) is 1.33. The second-order valence-corrected chi connectivity index (χ2v) is 5.37. The van der Waals surface area contributed by atoms with Crippen molar-refractivity contribution in [1.82, 2.24) is 15.5 Å². The zero-order chi connectivity index (χ0) is 16.9. The number of rotatable bonds is 10. The van der Waals surface area contributed by atoms with Crippen LogP contribution in [0.3, 0.4) is 0 Å². The van der Waals surface area contributed by atoms with E-state index < -0.39 is 0 Å². The van der Waals surface area contributed by atoms with Crippen LogP contribution in [0.4, 0.5) is 0 Å². The molecule has 0 saturated carbocycles. The lowest BCUT2D eigenvalue weighted by atomic mass is 10.1. The first-order valence-electron chi connectivity index (χ1n) is 8.49. The van der Waals surface area contributed by atoms with Crippen LogP contribution in [0.1, 0.15) is 31.9 Å². The van der Waals surface area contributed by atoms with Gasteiger partial charge in [0.05, 0.1) is 6.04 Å². The number of ether oxygens (including phenoxy) is 1. The molecule has 0 heterocycles. The molecule has 0 aliphatic heterocycles. The fraction of sp³-hybridized carbons (Fsp3) is 0.611. The number of hydrogen-bond acceptors (Lipinski definition) is 3. The molecular weight excluding hydrogens is 288 g/mol. The van der Waals surface area contributed by atoms with Gasteiger partial charge in [0.2, 0.25) is 0 Å². The molecule has 0 aliphatic carbocycles. The van der Waals surface area contributed by atoms with Gasteiger partial charge in [0.15, 0.2) is 5.96 Å². The third-order valence-electron chi connectivity index (χ3n) is 3.94. The normalized spacial score (nSPS) is 13.2. The Morgan fingerprint density at radius 3 is 2.43 bits per heavy atom. The Morgan fingerprint density at radius 2 is 1.87 bits per heavy atom. The average Bonchev–Trinajstić information content (AvgIpc) is 2.61. The third kappa shape index (κ3) is 7.01. The summed E-state index contributed by atoms with van der Waals surface area (Å²) in [5, 5.41) is 6.78. The van der Waals surface area contributed by atoms with Crippen molar-refractivity contribution in [3.05, 3.63) is 35.9 Å². The van der Waals surface area contributed by atoms with Gasteiger partial charge >= 0.3 is 0 Å². The van der Waals surface area contributed by atoms with Gasteiger partial charge in [-0.2, -0.15) is 0 Å². The van der Waals surface area contributed by atoms with Gasteiger partial charge in [-0.15, -0.1) is 0 Å². The quantitative estimate of drug-likeness (QED) is 0.394. The van der Waals surface area contributed by atoms with Crippen LogP contribution in [0, 0.1) is 0 Å². The summed E-state index contributed by atoms with van der Waals surface area (Å²) >= 11 is 0. The van der Waals surface area contributed by atoms with Gasteiger partial charge in [-0.25, -0.2) is 0 Å². The lowest BCUT2D eigenvalue weighted by Crippen LogP contribution is -2.43. The van der Waals surface area contributed by atoms with E-state index in [9.17, 15) is 0 Å². The second-order valence-electron chi connectivity index (χ2n) is 5.37. The van der Waals surface area contributed by atoms with Gasteiger partial charge in [0.25, 0.3) is 0 Å². The molecule has 0 spiro atoms. The summed E-state index contributed by atoms with van der Waals surface area (Å²) in [4.78, 5) is 6.76. The summed E-state index contributed by atoms with van der Waals surface area (Å²) in [7, 11) is 3.53. The number of benzene rings is 1. The van der Waals surface area contributed by atoms with Crippen LogP contribution >= 0.6 is 0 Å². The van der Waals surface area contributed by atoms with Crippen LogP contribution < -0.4 is 10.6 Å². The molecule has 1 rings (SSSR count). The Hall–Kier alpha value is -1.59. The van der Waals surface area contributed by atoms with Crippen molar-refractivity contribution in [3.63, 3.8) is 0 Å². The zero-order valence-corrected chi connectivity index (χ0v) is 15.0. The number of guanidine groups is 1. The highest BCUT2D eigenvalue weighted by atomic mass is 16.5. The van der Waals surface area contributed by atoms with Crippen LogP contribution in [0.2, 0.25) is 0 Å². The largest absolute Gasteiger partial charge is 0.385 e. The second kappa shape index (κ2) is 11.9. The fourth-order valence-electron chi connectivity index (χ4n) is 2.63. The number of likely N-dealkylation sites (N-methyl/N-ethyl adjacent to an activating group) is 1. The van der Waals surface area contributed by atoms with Crippen molar-refractivity contribution in [2.75, 3.05) is 46.9 Å². The van der Waals surface area contributed by atoms with Gasteiger partial charge < -0.3 is 15.4 Å². The molecule has 1 atom stereocenters. The Morgan fingerprint density at radius 1 is 1.17 bits per heavy atom. The maximum Gasteiger partial charge on any atom is 0.191 e. The number of nitrogens with one attached hydrogen (secondary N) is 2. The highest BCUT2D eigenvalue weighted by Gasteiger charge is 2.17. The van der Waals surface area contributed by atoms with Crippen molar-refractivity contribution >= 4 is 5.96 Å². The number of hydrogen-bond donors (Lipinski definition) is 2. The van der Waals surface area contributed by atoms with Crippen molar-refractivity contribution in [2.45, 2.75) is 26.3 Å². The molecule has 0 aliphatic rings. The summed E-state index contributed by atoms with van der Waals surface area (Å²) in [6, 6.07) is 11.0. The number of methoxy groups -OCH3 is 1. The molecule has 130 valence electrons. The monoisotopic (exact) mass is 320 g/mol. The minimum atomic E-state index is 0.337. The van der Waals surface area contributed by atoms with E-state index in [0.717, 1.165) is 45.2 Å². The Kier molecular flexibility index (Phi) is 10.1. The molecule has 0 bridgehead atoms. The van der Waals surface area contributed by atoms with Gasteiger partial charge in [0, 0.05) is 33.9 Å². The summed E-state index contributed by atoms with van der Waals surface area (Å²) in [6.07, 6.45) is 0.968. The molecule has 0 radical (unpaired) electrons. The minimum absolute atomic E-state index is 0.337. The van der Waals surface area contributed by atoms with E-state index in [4.69, 9.17) is 4.74 Å². The molecule has 0 amide bonds. The SMILES string of the molecule is CCN(CC)C(CNC(=NC)NCCCOC)c1ccccc1. The predicted octanol–water partition coefficient (Wildman–Crippen LogP) is 2.27. The van der Waals surface area contributed by atoms with Gasteiger partial charge in [-0.3, -0.25) is 9.89 Å². The number of nitrogens with zero attached hydrogens (tertiary/aromatic N) is 2. The van der Waals surface area contributed by atoms with E-state index in [0.29, 0.717) is 6.04 Å². The van der Waals surface area contributed by atoms with Gasteiger partial charge in [0.1, 0.15) is 0 Å². The molecule has 1 aromatic carbocycles. The van der Waals surface area contributed by atoms with Crippen LogP contribution in [0.5, 0.6) is 0 Å². The van der Waals surface area contributed by atoms with Crippen LogP contribution in [-0.4, -0.2) is 57.8 Å². The molecule has 5 nitrogen and oxygen atoms in total. The summed E-state index contributed by atoms with van der Waals surface area (Å²) < 4.78 is 5.07. The first-order chi connectivity index (χ1) is 11.3. The van der Waals surface area contributed by atoms with Crippen LogP contribution in [-0.2, 0) is 4.74 Å². The van der Waals surface area contributed by atoms with E-state index in [-0.39, 0.29) is 0 Å². The van der Waals surface area contributed by atoms with Crippen LogP contribution in [0.15, 0.2) is 35.3 Å². The summed E-state index contributed by atoms with van der Waals surface area (Å²) in [6.45, 7) is 8.91. The van der Waals surface area contributed by atoms with Gasteiger partial charge in [-0.05, 0) is 25.1 Å². The Bertz CT molecular complexity index is 432. The molecular formula is C18H32N4O. The first-order valence-corrected chi connectivity index (χ1v) is 8.49. The van der Waals surface area contributed by atoms with Crippen molar-refractivity contribution in [3.8, 4) is 0 Å². The maximum atomic E-state index is 5.07. The highest BCUT2D eigenvalue weighted by molar-refractivity contribution is 5.79. The molecule has 1 unspecified atom stereocenters. The molecule has 2 N–H and O–H groups in total. The Labute approximate surface area is 141 Å². The van der Waals surface area contributed by atoms with E-state index in [2.05, 4.69) is 64.7 Å². The lowest BCUT2D eigenvalue weighted by molar-refractivity contribution is 0.195. The molecule has 0 aromatic heterocycles. The highest BCUT2D eigenvalue weighted by Crippen LogP contribution is 2.19. The first kappa shape index (κ1) is 19.5.